The molecule has 1 saturated heterocycles. The van der Waals surface area contributed by atoms with Gasteiger partial charge in [-0.2, -0.15) is 0 Å². The summed E-state index contributed by atoms with van der Waals surface area (Å²) in [6.07, 6.45) is 1.13. The second kappa shape index (κ2) is 4.96. The van der Waals surface area contributed by atoms with Crippen LogP contribution in [0.25, 0.3) is 0 Å². The molecular weight excluding hydrogens is 242 g/mol. The fourth-order valence-corrected chi connectivity index (χ4v) is 1.72. The van der Waals surface area contributed by atoms with E-state index in [-0.39, 0.29) is 17.1 Å². The van der Waals surface area contributed by atoms with Crippen LogP contribution in [0.3, 0.4) is 0 Å². The Balaban J connectivity index is 2.39. The van der Waals surface area contributed by atoms with Crippen molar-refractivity contribution in [3.05, 3.63) is 27.9 Å². The van der Waals surface area contributed by atoms with Crippen LogP contribution in [0, 0.1) is 10.1 Å². The molecule has 8 heteroatoms. The molecular formula is C10H11N3O5. The van der Waals surface area contributed by atoms with Crippen LogP contribution in [0.5, 0.6) is 0 Å². The Morgan fingerprint density at radius 3 is 2.72 bits per heavy atom. The van der Waals surface area contributed by atoms with E-state index in [1.165, 1.54) is 0 Å². The molecule has 1 aliphatic heterocycles. The van der Waals surface area contributed by atoms with E-state index in [4.69, 9.17) is 9.84 Å². The van der Waals surface area contributed by atoms with Crippen molar-refractivity contribution in [2.24, 2.45) is 0 Å². The fraction of sp³-hybridized carbons (Fsp3) is 0.400. The topological polar surface area (TPSA) is 106 Å². The van der Waals surface area contributed by atoms with Crippen LogP contribution in [-0.2, 0) is 4.74 Å². The zero-order valence-corrected chi connectivity index (χ0v) is 9.40. The average molecular weight is 253 g/mol. The number of ether oxygens (including phenoxy) is 1. The summed E-state index contributed by atoms with van der Waals surface area (Å²) in [5.74, 6) is -1.05. The molecule has 1 aromatic heterocycles. The Bertz CT molecular complexity index is 484. The van der Waals surface area contributed by atoms with Gasteiger partial charge in [-0.3, -0.25) is 10.1 Å². The van der Waals surface area contributed by atoms with Gasteiger partial charge in [-0.05, 0) is 0 Å². The third-order valence-corrected chi connectivity index (χ3v) is 2.60. The Morgan fingerprint density at radius 2 is 2.17 bits per heavy atom. The molecule has 1 fully saturated rings. The van der Waals surface area contributed by atoms with Gasteiger partial charge in [0.25, 0.3) is 0 Å². The maximum atomic E-state index is 11.0. The molecule has 96 valence electrons. The second-order valence-corrected chi connectivity index (χ2v) is 3.73. The molecule has 0 radical (unpaired) electrons. The lowest BCUT2D eigenvalue weighted by molar-refractivity contribution is -0.384. The minimum absolute atomic E-state index is 0.188. The van der Waals surface area contributed by atoms with Crippen molar-refractivity contribution < 1.29 is 19.6 Å². The van der Waals surface area contributed by atoms with Gasteiger partial charge < -0.3 is 14.7 Å². The van der Waals surface area contributed by atoms with Crippen LogP contribution in [0.4, 0.5) is 11.5 Å². The predicted octanol–water partition coefficient (Wildman–Crippen LogP) is 0.525. The first-order chi connectivity index (χ1) is 8.59. The number of nitro groups is 1. The summed E-state index contributed by atoms with van der Waals surface area (Å²) in [5, 5.41) is 19.8. The van der Waals surface area contributed by atoms with Gasteiger partial charge in [-0.15, -0.1) is 0 Å². The number of anilines is 1. The molecule has 0 bridgehead atoms. The molecule has 0 aliphatic carbocycles. The van der Waals surface area contributed by atoms with E-state index in [2.05, 4.69) is 4.98 Å². The molecule has 18 heavy (non-hydrogen) atoms. The molecule has 2 rings (SSSR count). The third-order valence-electron chi connectivity index (χ3n) is 2.60. The molecule has 0 atom stereocenters. The number of carboxylic acid groups (broad SMARTS) is 1. The zero-order valence-electron chi connectivity index (χ0n) is 9.40. The summed E-state index contributed by atoms with van der Waals surface area (Å²) in [6.45, 7) is 1.94. The van der Waals surface area contributed by atoms with Crippen molar-refractivity contribution in [2.75, 3.05) is 31.2 Å². The smallest absolute Gasteiger partial charge is 0.337 e. The van der Waals surface area contributed by atoms with Gasteiger partial charge in [0.1, 0.15) is 0 Å². The Hall–Kier alpha value is -2.22. The number of morpholine rings is 1. The Labute approximate surface area is 102 Å². The quantitative estimate of drug-likeness (QED) is 0.618. The summed E-state index contributed by atoms with van der Waals surface area (Å²) < 4.78 is 5.15. The third kappa shape index (κ3) is 2.38. The van der Waals surface area contributed by atoms with Crippen LogP contribution >= 0.6 is 0 Å². The van der Waals surface area contributed by atoms with Crippen molar-refractivity contribution in [1.29, 1.82) is 0 Å². The maximum Gasteiger partial charge on any atom is 0.337 e. The van der Waals surface area contributed by atoms with Crippen LogP contribution < -0.4 is 4.90 Å². The summed E-state index contributed by atoms with van der Waals surface area (Å²) in [7, 11) is 0. The van der Waals surface area contributed by atoms with Crippen LogP contribution in [0.1, 0.15) is 10.4 Å². The summed E-state index contributed by atoms with van der Waals surface area (Å²) in [5.41, 5.74) is -0.490. The minimum Gasteiger partial charge on any atom is -0.478 e. The van der Waals surface area contributed by atoms with E-state index in [0.29, 0.717) is 26.3 Å². The molecule has 2 heterocycles. The number of pyridine rings is 1. The number of carboxylic acids is 1. The van der Waals surface area contributed by atoms with Gasteiger partial charge in [-0.1, -0.05) is 0 Å². The largest absolute Gasteiger partial charge is 0.478 e. The van der Waals surface area contributed by atoms with Crippen molar-refractivity contribution >= 4 is 17.5 Å². The van der Waals surface area contributed by atoms with Crippen molar-refractivity contribution in [3.8, 4) is 0 Å². The van der Waals surface area contributed by atoms with Crippen molar-refractivity contribution in [1.82, 2.24) is 4.98 Å². The molecule has 0 unspecified atom stereocenters. The van der Waals surface area contributed by atoms with Gasteiger partial charge in [0, 0.05) is 25.4 Å². The standard InChI is InChI=1S/C10H11N3O5/c14-10(15)7-5-8(13(16)17)9(11-6-7)12-1-3-18-4-2-12/h5-6H,1-4H2,(H,14,15). The summed E-state index contributed by atoms with van der Waals surface area (Å²) >= 11 is 0. The highest BCUT2D eigenvalue weighted by atomic mass is 16.6. The highest BCUT2D eigenvalue weighted by molar-refractivity contribution is 5.88. The number of aromatic carboxylic acids is 1. The molecule has 1 aliphatic rings. The molecule has 1 aromatic rings. The number of carbonyl (C=O) groups is 1. The van der Waals surface area contributed by atoms with Crippen LogP contribution in [-0.4, -0.2) is 47.3 Å². The summed E-state index contributed by atoms with van der Waals surface area (Å²) in [4.78, 5) is 26.7. The Morgan fingerprint density at radius 1 is 1.50 bits per heavy atom. The normalized spacial score (nSPS) is 15.4. The average Bonchev–Trinajstić information content (AvgIpc) is 2.39. The van der Waals surface area contributed by atoms with Crippen LogP contribution in [0.2, 0.25) is 0 Å². The van der Waals surface area contributed by atoms with E-state index < -0.39 is 10.9 Å². The number of rotatable bonds is 3. The molecule has 8 nitrogen and oxygen atoms in total. The molecule has 1 N–H and O–H groups in total. The lowest BCUT2D eigenvalue weighted by atomic mass is 10.2. The zero-order chi connectivity index (χ0) is 13.1. The van der Waals surface area contributed by atoms with Crippen molar-refractivity contribution in [3.63, 3.8) is 0 Å². The molecule has 0 amide bonds. The van der Waals surface area contributed by atoms with Gasteiger partial charge in [-0.25, -0.2) is 9.78 Å². The van der Waals surface area contributed by atoms with Crippen LogP contribution in [0.15, 0.2) is 12.3 Å². The predicted molar refractivity (Wildman–Crippen MR) is 60.9 cm³/mol. The lowest BCUT2D eigenvalue weighted by Gasteiger charge is -2.27. The molecule has 0 aromatic carbocycles. The van der Waals surface area contributed by atoms with Gasteiger partial charge in [0.05, 0.1) is 23.7 Å². The maximum absolute atomic E-state index is 11.0. The first-order valence-electron chi connectivity index (χ1n) is 5.30. The highest BCUT2D eigenvalue weighted by Gasteiger charge is 2.24. The molecule has 0 spiro atoms. The minimum atomic E-state index is -1.24. The monoisotopic (exact) mass is 253 g/mol. The van der Waals surface area contributed by atoms with E-state index in [1.54, 1.807) is 4.90 Å². The first-order valence-corrected chi connectivity index (χ1v) is 5.30. The number of nitrogens with zero attached hydrogens (tertiary/aromatic N) is 3. The van der Waals surface area contributed by atoms with E-state index >= 15 is 0 Å². The van der Waals surface area contributed by atoms with Gasteiger partial charge >= 0.3 is 11.7 Å². The number of hydrogen-bond donors (Lipinski definition) is 1. The highest BCUT2D eigenvalue weighted by Crippen LogP contribution is 2.27. The van der Waals surface area contributed by atoms with Gasteiger partial charge in [0.15, 0.2) is 0 Å². The van der Waals surface area contributed by atoms with E-state index in [9.17, 15) is 14.9 Å². The number of hydrogen-bond acceptors (Lipinski definition) is 6. The first kappa shape index (κ1) is 12.2. The molecule has 0 saturated carbocycles. The fourth-order valence-electron chi connectivity index (χ4n) is 1.72. The van der Waals surface area contributed by atoms with E-state index in [1.807, 2.05) is 0 Å². The lowest BCUT2D eigenvalue weighted by Crippen LogP contribution is -2.37. The van der Waals surface area contributed by atoms with Gasteiger partial charge in [0.2, 0.25) is 5.82 Å². The van der Waals surface area contributed by atoms with E-state index in [0.717, 1.165) is 12.3 Å². The Kier molecular flexibility index (Phi) is 3.38. The summed E-state index contributed by atoms with van der Waals surface area (Å²) in [6, 6.07) is 1.03. The second-order valence-electron chi connectivity index (χ2n) is 3.73. The number of aromatic nitrogens is 1. The SMILES string of the molecule is O=C(O)c1cnc(N2CCOCC2)c([N+](=O)[O-])c1. The van der Waals surface area contributed by atoms with Crippen molar-refractivity contribution in [2.45, 2.75) is 0 Å².